The zero-order valence-electron chi connectivity index (χ0n) is 13.9. The summed E-state index contributed by atoms with van der Waals surface area (Å²) in [6.45, 7) is 5.46. The lowest BCUT2D eigenvalue weighted by Gasteiger charge is -2.04. The van der Waals surface area contributed by atoms with Crippen LogP contribution in [0, 0.1) is 13.8 Å². The minimum absolute atomic E-state index is 0.176. The number of aryl methyl sites for hydroxylation is 1. The van der Waals surface area contributed by atoms with Crippen LogP contribution in [0.5, 0.6) is 0 Å². The van der Waals surface area contributed by atoms with E-state index in [1.54, 1.807) is 12.3 Å². The van der Waals surface area contributed by atoms with E-state index in [0.29, 0.717) is 15.2 Å². The van der Waals surface area contributed by atoms with Crippen LogP contribution < -0.4 is 10.6 Å². The molecular formula is C17H16N4O2S2. The van der Waals surface area contributed by atoms with Crippen molar-refractivity contribution in [1.29, 1.82) is 0 Å². The largest absolute Gasteiger partial charge is 0.302 e. The van der Waals surface area contributed by atoms with Crippen LogP contribution in [-0.2, 0) is 9.59 Å². The number of nitrogens with zero attached hydrogens (tertiary/aromatic N) is 2. The van der Waals surface area contributed by atoms with Crippen LogP contribution in [0.1, 0.15) is 22.9 Å². The minimum atomic E-state index is -0.191. The predicted octanol–water partition coefficient (Wildman–Crippen LogP) is 3.61. The second kappa shape index (κ2) is 7.20. The molecule has 0 aliphatic carbocycles. The smallest absolute Gasteiger partial charge is 0.264 e. The summed E-state index contributed by atoms with van der Waals surface area (Å²) in [7, 11) is 0. The monoisotopic (exact) mass is 372 g/mol. The van der Waals surface area contributed by atoms with Crippen LogP contribution in [-0.4, -0.2) is 22.0 Å². The topological polar surface area (TPSA) is 83.4 Å². The second-order valence-corrected chi connectivity index (χ2v) is 7.54. The van der Waals surface area contributed by atoms with E-state index in [9.17, 15) is 9.59 Å². The molecule has 1 fully saturated rings. The van der Waals surface area contributed by atoms with Crippen LogP contribution in [0.3, 0.4) is 0 Å². The van der Waals surface area contributed by atoms with E-state index in [4.69, 9.17) is 0 Å². The molecule has 1 aromatic carbocycles. The minimum Gasteiger partial charge on any atom is -0.302 e. The molecule has 8 heteroatoms. The highest BCUT2D eigenvalue weighted by atomic mass is 32.2. The molecule has 128 valence electrons. The summed E-state index contributed by atoms with van der Waals surface area (Å²) in [5.41, 5.74) is 3.08. The number of carbonyl (C=O) groups excluding carboxylic acids is 2. The van der Waals surface area contributed by atoms with E-state index in [2.05, 4.69) is 20.6 Å². The third-order valence-electron chi connectivity index (χ3n) is 3.53. The molecule has 1 aliphatic rings. The van der Waals surface area contributed by atoms with Gasteiger partial charge >= 0.3 is 0 Å². The van der Waals surface area contributed by atoms with E-state index in [0.717, 1.165) is 21.7 Å². The first-order valence-corrected chi connectivity index (χ1v) is 9.15. The Bertz CT molecular complexity index is 915. The Kier molecular flexibility index (Phi) is 5.00. The molecule has 1 aliphatic heterocycles. The van der Waals surface area contributed by atoms with Crippen molar-refractivity contribution in [3.8, 4) is 0 Å². The Balaban J connectivity index is 1.80. The number of anilines is 1. The highest BCUT2D eigenvalue weighted by Gasteiger charge is 2.24. The lowest BCUT2D eigenvalue weighted by molar-refractivity contribution is -0.115. The van der Waals surface area contributed by atoms with Gasteiger partial charge in [0.25, 0.3) is 5.91 Å². The van der Waals surface area contributed by atoms with Crippen LogP contribution in [0.15, 0.2) is 34.3 Å². The maximum Gasteiger partial charge on any atom is 0.264 e. The number of hydrogen-bond acceptors (Lipinski definition) is 6. The van der Waals surface area contributed by atoms with E-state index >= 15 is 0 Å². The maximum atomic E-state index is 12.1. The fourth-order valence-electron chi connectivity index (χ4n) is 2.14. The molecule has 25 heavy (non-hydrogen) atoms. The number of hydrogen-bond donors (Lipinski definition) is 2. The molecule has 0 spiro atoms. The van der Waals surface area contributed by atoms with Crippen LogP contribution in [0.4, 0.5) is 10.8 Å². The lowest BCUT2D eigenvalue weighted by Crippen LogP contribution is -2.19. The van der Waals surface area contributed by atoms with E-state index in [1.807, 2.05) is 32.0 Å². The molecule has 0 bridgehead atoms. The SMILES string of the molecule is CC(=O)Nc1ncc(/C=C2\SC(=Nc3cccc(C)c3C)NC2=O)s1. The van der Waals surface area contributed by atoms with Gasteiger partial charge in [0.2, 0.25) is 5.91 Å². The standard InChI is InChI=1S/C17H16N4O2S2/c1-9-5-4-6-13(10(9)2)20-17-21-15(23)14(25-17)7-12-8-18-16(24-12)19-11(3)22/h4-8H,1-3H3,(H,18,19,22)(H,20,21,23)/b14-7-. The zero-order chi connectivity index (χ0) is 18.0. The summed E-state index contributed by atoms with van der Waals surface area (Å²) in [6, 6.07) is 5.90. The lowest BCUT2D eigenvalue weighted by atomic mass is 10.1. The predicted molar refractivity (Wildman–Crippen MR) is 103 cm³/mol. The van der Waals surface area contributed by atoms with Gasteiger partial charge in [0, 0.05) is 13.1 Å². The number of aromatic nitrogens is 1. The van der Waals surface area contributed by atoms with Crippen molar-refractivity contribution in [2.45, 2.75) is 20.8 Å². The first-order chi connectivity index (χ1) is 11.9. The number of aliphatic imine (C=N–C) groups is 1. The maximum absolute atomic E-state index is 12.1. The van der Waals surface area contributed by atoms with Crippen LogP contribution in [0.25, 0.3) is 6.08 Å². The number of thioether (sulfide) groups is 1. The van der Waals surface area contributed by atoms with E-state index in [1.165, 1.54) is 30.0 Å². The fraction of sp³-hybridized carbons (Fsp3) is 0.176. The summed E-state index contributed by atoms with van der Waals surface area (Å²) in [5, 5.41) is 6.46. The normalized spacial score (nSPS) is 17.2. The van der Waals surface area contributed by atoms with Crippen molar-refractivity contribution in [3.05, 3.63) is 45.3 Å². The molecule has 2 aromatic rings. The van der Waals surface area contributed by atoms with Gasteiger partial charge < -0.3 is 10.6 Å². The van der Waals surface area contributed by atoms with Crippen molar-refractivity contribution >= 4 is 57.0 Å². The summed E-state index contributed by atoms with van der Waals surface area (Å²) >= 11 is 2.60. The van der Waals surface area contributed by atoms with Crippen molar-refractivity contribution in [2.24, 2.45) is 4.99 Å². The Morgan fingerprint density at radius 2 is 2.16 bits per heavy atom. The molecule has 2 N–H and O–H groups in total. The number of benzene rings is 1. The highest BCUT2D eigenvalue weighted by Crippen LogP contribution is 2.31. The molecule has 1 saturated heterocycles. The third kappa shape index (κ3) is 4.15. The van der Waals surface area contributed by atoms with Gasteiger partial charge in [-0.15, -0.1) is 0 Å². The molecule has 2 amide bonds. The van der Waals surface area contributed by atoms with Gasteiger partial charge in [0.1, 0.15) is 0 Å². The van der Waals surface area contributed by atoms with Gasteiger partial charge in [-0.25, -0.2) is 9.98 Å². The first kappa shape index (κ1) is 17.4. The molecule has 3 rings (SSSR count). The van der Waals surface area contributed by atoms with Crippen molar-refractivity contribution in [2.75, 3.05) is 5.32 Å². The van der Waals surface area contributed by atoms with E-state index in [-0.39, 0.29) is 11.8 Å². The van der Waals surface area contributed by atoms with E-state index < -0.39 is 0 Å². The number of rotatable bonds is 3. The first-order valence-electron chi connectivity index (χ1n) is 7.51. The number of carbonyl (C=O) groups is 2. The van der Waals surface area contributed by atoms with Gasteiger partial charge in [-0.1, -0.05) is 23.5 Å². The number of amides is 2. The molecular weight excluding hydrogens is 356 g/mol. The molecule has 6 nitrogen and oxygen atoms in total. The van der Waals surface area contributed by atoms with Crippen molar-refractivity contribution in [3.63, 3.8) is 0 Å². The van der Waals surface area contributed by atoms with Gasteiger partial charge in [0.05, 0.1) is 15.5 Å². The Labute approximate surface area is 153 Å². The van der Waals surface area contributed by atoms with Gasteiger partial charge in [-0.2, -0.15) is 0 Å². The average molecular weight is 372 g/mol. The number of nitrogens with one attached hydrogen (secondary N) is 2. The summed E-state index contributed by atoms with van der Waals surface area (Å²) in [6.07, 6.45) is 3.37. The Morgan fingerprint density at radius 3 is 2.92 bits per heavy atom. The molecule has 0 radical (unpaired) electrons. The highest BCUT2D eigenvalue weighted by molar-refractivity contribution is 8.18. The number of thiazole rings is 1. The number of amidine groups is 1. The van der Waals surface area contributed by atoms with Gasteiger partial charge in [0.15, 0.2) is 10.3 Å². The van der Waals surface area contributed by atoms with Crippen molar-refractivity contribution < 1.29 is 9.59 Å². The molecule has 2 heterocycles. The zero-order valence-corrected chi connectivity index (χ0v) is 15.5. The molecule has 1 aromatic heterocycles. The van der Waals surface area contributed by atoms with Gasteiger partial charge in [-0.05, 0) is 48.9 Å². The fourth-order valence-corrected chi connectivity index (χ4v) is 3.84. The Hall–Kier alpha value is -2.45. The Morgan fingerprint density at radius 1 is 1.36 bits per heavy atom. The molecule has 0 atom stereocenters. The summed E-state index contributed by atoms with van der Waals surface area (Å²) < 4.78 is 0. The summed E-state index contributed by atoms with van der Waals surface area (Å²) in [5.74, 6) is -0.368. The molecule has 0 saturated carbocycles. The van der Waals surface area contributed by atoms with Crippen molar-refractivity contribution in [1.82, 2.24) is 10.3 Å². The third-order valence-corrected chi connectivity index (χ3v) is 5.30. The van der Waals surface area contributed by atoms with Crippen LogP contribution in [0.2, 0.25) is 0 Å². The molecule has 0 unspecified atom stereocenters. The van der Waals surface area contributed by atoms with Crippen LogP contribution >= 0.6 is 23.1 Å². The average Bonchev–Trinajstić information content (AvgIpc) is 3.11. The van der Waals surface area contributed by atoms with Gasteiger partial charge in [-0.3, -0.25) is 9.59 Å². The summed E-state index contributed by atoms with van der Waals surface area (Å²) in [4.78, 5) is 33.2. The second-order valence-electron chi connectivity index (χ2n) is 5.45. The quantitative estimate of drug-likeness (QED) is 0.806.